The van der Waals surface area contributed by atoms with E-state index in [1.54, 1.807) is 20.2 Å². The van der Waals surface area contributed by atoms with E-state index in [4.69, 9.17) is 4.74 Å². The Bertz CT molecular complexity index is 244. The van der Waals surface area contributed by atoms with Crippen LogP contribution in [0.25, 0.3) is 0 Å². The van der Waals surface area contributed by atoms with Gasteiger partial charge in [-0.1, -0.05) is 6.07 Å². The molecular weight excluding hydrogens is 166 g/mol. The Hall–Kier alpha value is -0.930. The zero-order chi connectivity index (χ0) is 9.68. The maximum Gasteiger partial charge on any atom is 0.0776 e. The standard InChI is InChI=1S/C10H15NO2/c1-8(12)9-3-4-10(11-7-9)5-6-13-2/h3-4,7-8,12H,5-6H2,1-2H3/t8-/m0/s1. The first-order valence-electron chi connectivity index (χ1n) is 4.36. The average Bonchev–Trinajstić information content (AvgIpc) is 2.15. The molecule has 1 heterocycles. The molecule has 0 spiro atoms. The number of nitrogens with zero attached hydrogens (tertiary/aromatic N) is 1. The van der Waals surface area contributed by atoms with Gasteiger partial charge in [-0.25, -0.2) is 0 Å². The number of pyridine rings is 1. The monoisotopic (exact) mass is 181 g/mol. The van der Waals surface area contributed by atoms with Crippen LogP contribution >= 0.6 is 0 Å². The van der Waals surface area contributed by atoms with Crippen molar-refractivity contribution in [3.05, 3.63) is 29.6 Å². The van der Waals surface area contributed by atoms with Crippen molar-refractivity contribution in [2.24, 2.45) is 0 Å². The van der Waals surface area contributed by atoms with Crippen LogP contribution in [0.3, 0.4) is 0 Å². The number of methoxy groups -OCH3 is 1. The highest BCUT2D eigenvalue weighted by molar-refractivity contribution is 5.15. The summed E-state index contributed by atoms with van der Waals surface area (Å²) in [6, 6.07) is 3.81. The fourth-order valence-corrected chi connectivity index (χ4v) is 1.04. The molecule has 0 saturated heterocycles. The van der Waals surface area contributed by atoms with E-state index in [2.05, 4.69) is 4.98 Å². The lowest BCUT2D eigenvalue weighted by atomic mass is 10.1. The summed E-state index contributed by atoms with van der Waals surface area (Å²) < 4.78 is 4.93. The third-order valence-corrected chi connectivity index (χ3v) is 1.89. The Morgan fingerprint density at radius 2 is 2.31 bits per heavy atom. The lowest BCUT2D eigenvalue weighted by Gasteiger charge is -2.04. The minimum absolute atomic E-state index is 0.441. The number of hydrogen-bond donors (Lipinski definition) is 1. The van der Waals surface area contributed by atoms with Gasteiger partial charge in [-0.2, -0.15) is 0 Å². The van der Waals surface area contributed by atoms with Gasteiger partial charge in [0.05, 0.1) is 12.7 Å². The summed E-state index contributed by atoms with van der Waals surface area (Å²) in [5, 5.41) is 9.23. The van der Waals surface area contributed by atoms with Crippen LogP contribution in [-0.4, -0.2) is 23.8 Å². The molecule has 0 radical (unpaired) electrons. The van der Waals surface area contributed by atoms with Gasteiger partial charge in [-0.3, -0.25) is 4.98 Å². The number of aliphatic hydroxyl groups is 1. The molecule has 0 aliphatic carbocycles. The lowest BCUT2D eigenvalue weighted by molar-refractivity contribution is 0.198. The Kier molecular flexibility index (Phi) is 3.86. The summed E-state index contributed by atoms with van der Waals surface area (Å²) >= 11 is 0. The Morgan fingerprint density at radius 1 is 1.54 bits per heavy atom. The fraction of sp³-hybridized carbons (Fsp3) is 0.500. The Balaban J connectivity index is 2.59. The summed E-state index contributed by atoms with van der Waals surface area (Å²) in [6.45, 7) is 2.41. The first-order chi connectivity index (χ1) is 6.24. The molecule has 0 aliphatic heterocycles. The van der Waals surface area contributed by atoms with Crippen molar-refractivity contribution in [2.75, 3.05) is 13.7 Å². The van der Waals surface area contributed by atoms with Gasteiger partial charge in [0.15, 0.2) is 0 Å². The van der Waals surface area contributed by atoms with Crippen molar-refractivity contribution in [3.8, 4) is 0 Å². The van der Waals surface area contributed by atoms with Crippen molar-refractivity contribution in [2.45, 2.75) is 19.4 Å². The number of aromatic nitrogens is 1. The van der Waals surface area contributed by atoms with Crippen LogP contribution in [0.1, 0.15) is 24.3 Å². The smallest absolute Gasteiger partial charge is 0.0776 e. The molecule has 1 N–H and O–H groups in total. The second-order valence-electron chi connectivity index (χ2n) is 3.00. The zero-order valence-corrected chi connectivity index (χ0v) is 8.03. The molecule has 0 bridgehead atoms. The largest absolute Gasteiger partial charge is 0.389 e. The molecule has 0 saturated carbocycles. The molecule has 1 rings (SSSR count). The van der Waals surface area contributed by atoms with Gasteiger partial charge in [0.25, 0.3) is 0 Å². The summed E-state index contributed by atoms with van der Waals surface area (Å²) in [4.78, 5) is 4.20. The van der Waals surface area contributed by atoms with Crippen molar-refractivity contribution in [1.82, 2.24) is 4.98 Å². The van der Waals surface area contributed by atoms with Gasteiger partial charge in [0.1, 0.15) is 0 Å². The second kappa shape index (κ2) is 4.94. The fourth-order valence-electron chi connectivity index (χ4n) is 1.04. The number of aliphatic hydroxyl groups excluding tert-OH is 1. The van der Waals surface area contributed by atoms with Crippen LogP contribution in [0, 0.1) is 0 Å². The molecular formula is C10H15NO2. The minimum atomic E-state index is -0.441. The zero-order valence-electron chi connectivity index (χ0n) is 8.03. The van der Waals surface area contributed by atoms with Gasteiger partial charge in [0, 0.05) is 25.4 Å². The van der Waals surface area contributed by atoms with Gasteiger partial charge in [-0.05, 0) is 18.6 Å². The summed E-state index contributed by atoms with van der Waals surface area (Å²) in [5.74, 6) is 0. The van der Waals surface area contributed by atoms with Gasteiger partial charge in [-0.15, -0.1) is 0 Å². The molecule has 0 aliphatic rings. The van der Waals surface area contributed by atoms with Crippen molar-refractivity contribution in [1.29, 1.82) is 0 Å². The van der Waals surface area contributed by atoms with Gasteiger partial charge in [0.2, 0.25) is 0 Å². The van der Waals surface area contributed by atoms with E-state index >= 15 is 0 Å². The van der Waals surface area contributed by atoms with Gasteiger partial charge < -0.3 is 9.84 Å². The van der Waals surface area contributed by atoms with Crippen molar-refractivity contribution < 1.29 is 9.84 Å². The third-order valence-electron chi connectivity index (χ3n) is 1.89. The van der Waals surface area contributed by atoms with E-state index in [1.807, 2.05) is 12.1 Å². The van der Waals surface area contributed by atoms with Crippen LogP contribution in [-0.2, 0) is 11.2 Å². The van der Waals surface area contributed by atoms with Crippen LogP contribution in [0.15, 0.2) is 18.3 Å². The van der Waals surface area contributed by atoms with Crippen molar-refractivity contribution in [3.63, 3.8) is 0 Å². The Labute approximate surface area is 78.4 Å². The maximum absolute atomic E-state index is 9.23. The van der Waals surface area contributed by atoms with Crippen molar-refractivity contribution >= 4 is 0 Å². The SMILES string of the molecule is COCCc1ccc([C@H](C)O)cn1. The van der Waals surface area contributed by atoms with Gasteiger partial charge >= 0.3 is 0 Å². The molecule has 3 nitrogen and oxygen atoms in total. The van der Waals surface area contributed by atoms with E-state index in [0.717, 1.165) is 17.7 Å². The van der Waals surface area contributed by atoms with Crippen LogP contribution in [0.5, 0.6) is 0 Å². The van der Waals surface area contributed by atoms with E-state index < -0.39 is 6.10 Å². The second-order valence-corrected chi connectivity index (χ2v) is 3.00. The molecule has 0 unspecified atom stereocenters. The molecule has 72 valence electrons. The predicted molar refractivity (Wildman–Crippen MR) is 50.5 cm³/mol. The molecule has 13 heavy (non-hydrogen) atoms. The average molecular weight is 181 g/mol. The van der Waals surface area contributed by atoms with E-state index in [0.29, 0.717) is 6.61 Å². The van der Waals surface area contributed by atoms with Crippen LogP contribution in [0.2, 0.25) is 0 Å². The molecule has 0 amide bonds. The molecule has 1 atom stereocenters. The molecule has 1 aromatic rings. The molecule has 1 aromatic heterocycles. The number of rotatable bonds is 4. The predicted octanol–water partition coefficient (Wildman–Crippen LogP) is 1.32. The van der Waals surface area contributed by atoms with E-state index in [9.17, 15) is 5.11 Å². The Morgan fingerprint density at radius 3 is 2.77 bits per heavy atom. The first kappa shape index (κ1) is 10.2. The summed E-state index contributed by atoms with van der Waals surface area (Å²) in [7, 11) is 1.67. The highest BCUT2D eigenvalue weighted by Gasteiger charge is 2.00. The third kappa shape index (κ3) is 3.13. The van der Waals surface area contributed by atoms with Crippen LogP contribution < -0.4 is 0 Å². The number of hydrogen-bond acceptors (Lipinski definition) is 3. The van der Waals surface area contributed by atoms with E-state index in [-0.39, 0.29) is 0 Å². The lowest BCUT2D eigenvalue weighted by Crippen LogP contribution is -1.99. The summed E-state index contributed by atoms with van der Waals surface area (Å²) in [5.41, 5.74) is 1.84. The number of ether oxygens (including phenoxy) is 1. The molecule has 0 fully saturated rings. The highest BCUT2D eigenvalue weighted by Crippen LogP contribution is 2.10. The van der Waals surface area contributed by atoms with Crippen LogP contribution in [0.4, 0.5) is 0 Å². The normalized spacial score (nSPS) is 12.8. The first-order valence-corrected chi connectivity index (χ1v) is 4.36. The highest BCUT2D eigenvalue weighted by atomic mass is 16.5. The summed E-state index contributed by atoms with van der Waals surface area (Å²) in [6.07, 6.45) is 2.08. The molecule has 3 heteroatoms. The van der Waals surface area contributed by atoms with E-state index in [1.165, 1.54) is 0 Å². The maximum atomic E-state index is 9.23. The quantitative estimate of drug-likeness (QED) is 0.761. The minimum Gasteiger partial charge on any atom is -0.389 e. The topological polar surface area (TPSA) is 42.4 Å². The molecule has 0 aromatic carbocycles.